The number of anilines is 1. The predicted octanol–water partition coefficient (Wildman–Crippen LogP) is 1.36. The highest BCUT2D eigenvalue weighted by molar-refractivity contribution is 6.31. The molecule has 1 heterocycles. The fourth-order valence-electron chi connectivity index (χ4n) is 2.16. The standard InChI is InChI=1S/C14H18ClN3O2/c1-11-12(15)3-2-4-13(11)16-14(20)9-17-5-7-18(10-19)8-6-17/h2-4,10H,5-9H2,1H3,(H,16,20). The van der Waals surface area contributed by atoms with Crippen LogP contribution < -0.4 is 5.32 Å². The van der Waals surface area contributed by atoms with Crippen LogP contribution in [0.15, 0.2) is 18.2 Å². The molecule has 2 rings (SSSR count). The molecule has 1 aliphatic heterocycles. The average Bonchev–Trinajstić information content (AvgIpc) is 2.45. The first-order valence-electron chi connectivity index (χ1n) is 6.57. The van der Waals surface area contributed by atoms with Gasteiger partial charge in [-0.1, -0.05) is 17.7 Å². The van der Waals surface area contributed by atoms with Crippen LogP contribution in [0, 0.1) is 6.92 Å². The lowest BCUT2D eigenvalue weighted by Crippen LogP contribution is -2.48. The summed E-state index contributed by atoms with van der Waals surface area (Å²) >= 11 is 6.02. The number of amides is 2. The van der Waals surface area contributed by atoms with Gasteiger partial charge in [0.15, 0.2) is 0 Å². The molecule has 0 bridgehead atoms. The van der Waals surface area contributed by atoms with Crippen LogP contribution in [0.5, 0.6) is 0 Å². The molecule has 5 nitrogen and oxygen atoms in total. The van der Waals surface area contributed by atoms with Crippen molar-refractivity contribution in [1.82, 2.24) is 9.80 Å². The SMILES string of the molecule is Cc1c(Cl)cccc1NC(=O)CN1CCN(C=O)CC1. The topological polar surface area (TPSA) is 52.7 Å². The van der Waals surface area contributed by atoms with Crippen LogP contribution in [0.4, 0.5) is 5.69 Å². The molecule has 0 unspecified atom stereocenters. The first kappa shape index (κ1) is 14.8. The van der Waals surface area contributed by atoms with Gasteiger partial charge in [0.05, 0.1) is 6.54 Å². The van der Waals surface area contributed by atoms with E-state index in [1.54, 1.807) is 11.0 Å². The second-order valence-electron chi connectivity index (χ2n) is 4.88. The summed E-state index contributed by atoms with van der Waals surface area (Å²) in [5, 5.41) is 3.52. The summed E-state index contributed by atoms with van der Waals surface area (Å²) in [6, 6.07) is 5.45. The van der Waals surface area contributed by atoms with E-state index in [4.69, 9.17) is 11.6 Å². The highest BCUT2D eigenvalue weighted by Crippen LogP contribution is 2.22. The van der Waals surface area contributed by atoms with Crippen molar-refractivity contribution in [3.05, 3.63) is 28.8 Å². The number of nitrogens with one attached hydrogen (secondary N) is 1. The van der Waals surface area contributed by atoms with Crippen molar-refractivity contribution in [3.63, 3.8) is 0 Å². The Morgan fingerprint density at radius 1 is 1.35 bits per heavy atom. The van der Waals surface area contributed by atoms with Gasteiger partial charge >= 0.3 is 0 Å². The maximum atomic E-state index is 12.0. The van der Waals surface area contributed by atoms with Gasteiger partial charge in [-0.3, -0.25) is 14.5 Å². The lowest BCUT2D eigenvalue weighted by molar-refractivity contribution is -0.120. The molecule has 2 amide bonds. The van der Waals surface area contributed by atoms with Crippen molar-refractivity contribution in [2.24, 2.45) is 0 Å². The monoisotopic (exact) mass is 295 g/mol. The Morgan fingerprint density at radius 3 is 2.70 bits per heavy atom. The van der Waals surface area contributed by atoms with Gasteiger partial charge in [0.25, 0.3) is 0 Å². The minimum atomic E-state index is -0.0603. The lowest BCUT2D eigenvalue weighted by atomic mass is 10.2. The minimum absolute atomic E-state index is 0.0603. The third kappa shape index (κ3) is 3.71. The van der Waals surface area contributed by atoms with Crippen LogP contribution in [-0.4, -0.2) is 54.8 Å². The van der Waals surface area contributed by atoms with E-state index in [9.17, 15) is 9.59 Å². The molecule has 1 aromatic rings. The molecule has 1 N–H and O–H groups in total. The van der Waals surface area contributed by atoms with E-state index in [0.29, 0.717) is 24.7 Å². The maximum Gasteiger partial charge on any atom is 0.238 e. The molecule has 0 aromatic heterocycles. The fourth-order valence-corrected chi connectivity index (χ4v) is 2.34. The summed E-state index contributed by atoms with van der Waals surface area (Å²) < 4.78 is 0. The molecular weight excluding hydrogens is 278 g/mol. The van der Waals surface area contributed by atoms with Gasteiger partial charge in [-0.15, -0.1) is 0 Å². The van der Waals surface area contributed by atoms with Gasteiger partial charge in [0.2, 0.25) is 12.3 Å². The van der Waals surface area contributed by atoms with E-state index in [1.807, 2.05) is 24.0 Å². The van der Waals surface area contributed by atoms with E-state index < -0.39 is 0 Å². The zero-order valence-electron chi connectivity index (χ0n) is 11.4. The number of carbonyl (C=O) groups is 2. The molecule has 0 spiro atoms. The first-order chi connectivity index (χ1) is 9.60. The molecule has 0 saturated carbocycles. The third-order valence-corrected chi connectivity index (χ3v) is 3.87. The number of piperazine rings is 1. The van der Waals surface area contributed by atoms with E-state index >= 15 is 0 Å². The Labute approximate surface area is 123 Å². The molecule has 1 saturated heterocycles. The number of halogens is 1. The number of hydrogen-bond donors (Lipinski definition) is 1. The molecule has 0 aliphatic carbocycles. The third-order valence-electron chi connectivity index (χ3n) is 3.46. The molecular formula is C14H18ClN3O2. The molecule has 0 radical (unpaired) electrons. The van der Waals surface area contributed by atoms with Gasteiger partial charge in [-0.05, 0) is 24.6 Å². The number of carbonyl (C=O) groups excluding carboxylic acids is 2. The van der Waals surface area contributed by atoms with Crippen LogP contribution in [0.25, 0.3) is 0 Å². The predicted molar refractivity (Wildman–Crippen MR) is 78.9 cm³/mol. The van der Waals surface area contributed by atoms with Crippen molar-refractivity contribution in [3.8, 4) is 0 Å². The zero-order chi connectivity index (χ0) is 14.5. The van der Waals surface area contributed by atoms with Crippen molar-refractivity contribution in [2.75, 3.05) is 38.0 Å². The van der Waals surface area contributed by atoms with Gasteiger partial charge < -0.3 is 10.2 Å². The van der Waals surface area contributed by atoms with Gasteiger partial charge in [0, 0.05) is 36.9 Å². The Kier molecular flexibility index (Phi) is 4.98. The van der Waals surface area contributed by atoms with Crippen molar-refractivity contribution >= 4 is 29.6 Å². The Bertz CT molecular complexity index is 499. The summed E-state index contributed by atoms with van der Waals surface area (Å²) in [5.41, 5.74) is 1.61. The van der Waals surface area contributed by atoms with Crippen LogP contribution in [-0.2, 0) is 9.59 Å². The molecule has 6 heteroatoms. The summed E-state index contributed by atoms with van der Waals surface area (Å²) in [5.74, 6) is -0.0603. The van der Waals surface area contributed by atoms with Gasteiger partial charge in [0.1, 0.15) is 0 Å². The number of benzene rings is 1. The van der Waals surface area contributed by atoms with Gasteiger partial charge in [-0.2, -0.15) is 0 Å². The quantitative estimate of drug-likeness (QED) is 0.854. The van der Waals surface area contributed by atoms with E-state index in [-0.39, 0.29) is 5.91 Å². The number of nitrogens with zero attached hydrogens (tertiary/aromatic N) is 2. The second kappa shape index (κ2) is 6.72. The normalized spacial score (nSPS) is 16.0. The number of hydrogen-bond acceptors (Lipinski definition) is 3. The zero-order valence-corrected chi connectivity index (χ0v) is 12.2. The molecule has 1 aliphatic rings. The van der Waals surface area contributed by atoms with Gasteiger partial charge in [-0.25, -0.2) is 0 Å². The van der Waals surface area contributed by atoms with Crippen molar-refractivity contribution in [1.29, 1.82) is 0 Å². The average molecular weight is 296 g/mol. The molecule has 108 valence electrons. The van der Waals surface area contributed by atoms with E-state index in [2.05, 4.69) is 5.32 Å². The van der Waals surface area contributed by atoms with Crippen LogP contribution in [0.2, 0.25) is 5.02 Å². The van der Waals surface area contributed by atoms with E-state index in [0.717, 1.165) is 30.8 Å². The Balaban J connectivity index is 1.87. The summed E-state index contributed by atoms with van der Waals surface area (Å²) in [4.78, 5) is 26.4. The number of rotatable bonds is 4. The van der Waals surface area contributed by atoms with Crippen molar-refractivity contribution in [2.45, 2.75) is 6.92 Å². The molecule has 1 fully saturated rings. The lowest BCUT2D eigenvalue weighted by Gasteiger charge is -2.31. The molecule has 1 aromatic carbocycles. The second-order valence-corrected chi connectivity index (χ2v) is 5.29. The Morgan fingerprint density at radius 2 is 2.05 bits per heavy atom. The smallest absolute Gasteiger partial charge is 0.238 e. The largest absolute Gasteiger partial charge is 0.343 e. The van der Waals surface area contributed by atoms with Crippen LogP contribution in [0.1, 0.15) is 5.56 Å². The minimum Gasteiger partial charge on any atom is -0.343 e. The Hall–Kier alpha value is -1.59. The fraction of sp³-hybridized carbons (Fsp3) is 0.429. The highest BCUT2D eigenvalue weighted by Gasteiger charge is 2.18. The van der Waals surface area contributed by atoms with Crippen LogP contribution >= 0.6 is 11.6 Å². The summed E-state index contributed by atoms with van der Waals surface area (Å²) in [7, 11) is 0. The highest BCUT2D eigenvalue weighted by atomic mass is 35.5. The summed E-state index contributed by atoms with van der Waals surface area (Å²) in [6.07, 6.45) is 0.854. The molecule has 20 heavy (non-hydrogen) atoms. The van der Waals surface area contributed by atoms with Crippen molar-refractivity contribution < 1.29 is 9.59 Å². The summed E-state index contributed by atoms with van der Waals surface area (Å²) in [6.45, 7) is 5.00. The van der Waals surface area contributed by atoms with E-state index in [1.165, 1.54) is 0 Å². The molecule has 0 atom stereocenters. The maximum absolute atomic E-state index is 12.0. The first-order valence-corrected chi connectivity index (χ1v) is 6.94. The van der Waals surface area contributed by atoms with Crippen LogP contribution in [0.3, 0.4) is 0 Å².